The number of rotatable bonds is 5. The molecule has 0 aromatic heterocycles. The van der Waals surface area contributed by atoms with Gasteiger partial charge in [-0.3, -0.25) is 9.59 Å². The molecule has 0 saturated carbocycles. The molecule has 3 rings (SSSR count). The Hall–Kier alpha value is -3.30. The minimum atomic E-state index is -0.947. The molecule has 0 atom stereocenters. The molecule has 2 N–H and O–H groups in total. The molecule has 162 valence electrons. The number of hydrazone groups is 1. The van der Waals surface area contributed by atoms with Crippen molar-refractivity contribution in [2.24, 2.45) is 5.10 Å². The van der Waals surface area contributed by atoms with Gasteiger partial charge < -0.3 is 10.1 Å². The standard InChI is InChI=1S/C23H17Br2N3O4/c1-14-3-2-4-15(11-14)23(31)32-20-10-7-18(25)12-16(20)13-26-28-22(30)21(29)27-19-8-5-17(24)6-9-19/h2-13H,1H3,(H,27,29)(H,28,30). The van der Waals surface area contributed by atoms with Gasteiger partial charge in [-0.05, 0) is 61.5 Å². The molecule has 2 amide bonds. The van der Waals surface area contributed by atoms with Gasteiger partial charge in [0.2, 0.25) is 0 Å². The summed E-state index contributed by atoms with van der Waals surface area (Å²) in [5.74, 6) is -2.09. The maximum atomic E-state index is 12.5. The van der Waals surface area contributed by atoms with E-state index in [1.165, 1.54) is 6.21 Å². The van der Waals surface area contributed by atoms with Gasteiger partial charge >= 0.3 is 17.8 Å². The van der Waals surface area contributed by atoms with Gasteiger partial charge in [-0.15, -0.1) is 0 Å². The third-order valence-electron chi connectivity index (χ3n) is 4.11. The van der Waals surface area contributed by atoms with Crippen LogP contribution in [0.3, 0.4) is 0 Å². The molecule has 0 aliphatic heterocycles. The number of benzene rings is 3. The Balaban J connectivity index is 1.66. The Labute approximate surface area is 201 Å². The summed E-state index contributed by atoms with van der Waals surface area (Å²) in [6, 6.07) is 18.8. The molecule has 0 fully saturated rings. The van der Waals surface area contributed by atoms with Crippen LogP contribution in [-0.4, -0.2) is 24.0 Å². The Morgan fingerprint density at radius 3 is 2.34 bits per heavy atom. The van der Waals surface area contributed by atoms with Crippen LogP contribution >= 0.6 is 31.9 Å². The first kappa shape index (κ1) is 23.4. The highest BCUT2D eigenvalue weighted by Gasteiger charge is 2.14. The van der Waals surface area contributed by atoms with Crippen molar-refractivity contribution in [3.8, 4) is 5.75 Å². The molecule has 9 heteroatoms. The van der Waals surface area contributed by atoms with E-state index in [9.17, 15) is 14.4 Å². The van der Waals surface area contributed by atoms with Crippen molar-refractivity contribution in [3.05, 3.63) is 92.4 Å². The van der Waals surface area contributed by atoms with Crippen molar-refractivity contribution in [1.82, 2.24) is 5.43 Å². The quantitative estimate of drug-likeness (QED) is 0.154. The Morgan fingerprint density at radius 1 is 0.906 bits per heavy atom. The van der Waals surface area contributed by atoms with E-state index in [1.807, 2.05) is 13.0 Å². The van der Waals surface area contributed by atoms with Crippen molar-refractivity contribution in [1.29, 1.82) is 0 Å². The zero-order chi connectivity index (χ0) is 23.1. The van der Waals surface area contributed by atoms with Crippen molar-refractivity contribution in [2.75, 3.05) is 5.32 Å². The highest BCUT2D eigenvalue weighted by atomic mass is 79.9. The summed E-state index contributed by atoms with van der Waals surface area (Å²) >= 11 is 6.64. The molecule has 0 radical (unpaired) electrons. The van der Waals surface area contributed by atoms with Crippen LogP contribution in [0.15, 0.2) is 80.8 Å². The zero-order valence-corrected chi connectivity index (χ0v) is 19.9. The molecule has 3 aromatic carbocycles. The van der Waals surface area contributed by atoms with Crippen LogP contribution in [0.1, 0.15) is 21.5 Å². The van der Waals surface area contributed by atoms with E-state index >= 15 is 0 Å². The van der Waals surface area contributed by atoms with Crippen LogP contribution < -0.4 is 15.5 Å². The smallest absolute Gasteiger partial charge is 0.343 e. The molecule has 32 heavy (non-hydrogen) atoms. The summed E-state index contributed by atoms with van der Waals surface area (Å²) in [5.41, 5.74) is 4.39. The number of carbonyl (C=O) groups excluding carboxylic acids is 3. The van der Waals surface area contributed by atoms with Crippen molar-refractivity contribution < 1.29 is 19.1 Å². The zero-order valence-electron chi connectivity index (χ0n) is 16.8. The fraction of sp³-hybridized carbons (Fsp3) is 0.0435. The lowest BCUT2D eigenvalue weighted by atomic mass is 10.1. The maximum Gasteiger partial charge on any atom is 0.343 e. The predicted molar refractivity (Wildman–Crippen MR) is 129 cm³/mol. The average molecular weight is 559 g/mol. The Kier molecular flexibility index (Phi) is 7.91. The van der Waals surface area contributed by atoms with Crippen LogP contribution in [0.2, 0.25) is 0 Å². The molecule has 0 spiro atoms. The van der Waals surface area contributed by atoms with E-state index in [-0.39, 0.29) is 5.75 Å². The largest absolute Gasteiger partial charge is 0.422 e. The van der Waals surface area contributed by atoms with Gasteiger partial charge in [-0.2, -0.15) is 5.10 Å². The summed E-state index contributed by atoms with van der Waals surface area (Å²) in [7, 11) is 0. The molecular weight excluding hydrogens is 542 g/mol. The molecule has 0 heterocycles. The van der Waals surface area contributed by atoms with Crippen LogP contribution in [0.5, 0.6) is 5.75 Å². The van der Waals surface area contributed by atoms with E-state index in [0.717, 1.165) is 10.0 Å². The van der Waals surface area contributed by atoms with E-state index in [2.05, 4.69) is 47.7 Å². The van der Waals surface area contributed by atoms with Gasteiger partial charge in [0.1, 0.15) is 5.75 Å². The summed E-state index contributed by atoms with van der Waals surface area (Å²) in [5, 5.41) is 6.27. The normalized spacial score (nSPS) is 10.6. The average Bonchev–Trinajstić information content (AvgIpc) is 2.77. The molecule has 0 saturated heterocycles. The first-order valence-electron chi connectivity index (χ1n) is 9.30. The molecule has 0 bridgehead atoms. The van der Waals surface area contributed by atoms with Crippen LogP contribution in [0, 0.1) is 6.92 Å². The van der Waals surface area contributed by atoms with Gasteiger partial charge in [-0.25, -0.2) is 10.2 Å². The van der Waals surface area contributed by atoms with Gasteiger partial charge in [0.15, 0.2) is 0 Å². The summed E-state index contributed by atoms with van der Waals surface area (Å²) < 4.78 is 7.05. The number of nitrogens with one attached hydrogen (secondary N) is 2. The fourth-order valence-corrected chi connectivity index (χ4v) is 3.22. The topological polar surface area (TPSA) is 96.9 Å². The Bertz CT molecular complexity index is 1190. The predicted octanol–water partition coefficient (Wildman–Crippen LogP) is 4.83. The number of anilines is 1. The summed E-state index contributed by atoms with van der Waals surface area (Å²) in [6.07, 6.45) is 1.29. The first-order valence-corrected chi connectivity index (χ1v) is 10.9. The number of hydrogen-bond donors (Lipinski definition) is 2. The van der Waals surface area contributed by atoms with E-state index in [4.69, 9.17) is 4.74 Å². The van der Waals surface area contributed by atoms with E-state index < -0.39 is 17.8 Å². The lowest BCUT2D eigenvalue weighted by Crippen LogP contribution is -2.32. The van der Waals surface area contributed by atoms with Crippen LogP contribution in [0.4, 0.5) is 5.69 Å². The number of nitrogens with zero attached hydrogens (tertiary/aromatic N) is 1. The highest BCUT2D eigenvalue weighted by Crippen LogP contribution is 2.23. The minimum Gasteiger partial charge on any atom is -0.422 e. The molecular formula is C23H17Br2N3O4. The molecule has 0 unspecified atom stereocenters. The van der Waals surface area contributed by atoms with Gasteiger partial charge in [0, 0.05) is 20.2 Å². The summed E-state index contributed by atoms with van der Waals surface area (Å²) in [6.45, 7) is 1.88. The molecule has 7 nitrogen and oxygen atoms in total. The second-order valence-corrected chi connectivity index (χ2v) is 8.43. The number of esters is 1. The number of aryl methyl sites for hydroxylation is 1. The van der Waals surface area contributed by atoms with E-state index in [0.29, 0.717) is 21.3 Å². The van der Waals surface area contributed by atoms with Gasteiger partial charge in [0.25, 0.3) is 0 Å². The third kappa shape index (κ3) is 6.60. The number of ether oxygens (including phenoxy) is 1. The molecule has 0 aliphatic rings. The van der Waals surface area contributed by atoms with Crippen LogP contribution in [-0.2, 0) is 9.59 Å². The third-order valence-corrected chi connectivity index (χ3v) is 5.13. The van der Waals surface area contributed by atoms with Gasteiger partial charge in [-0.1, -0.05) is 49.6 Å². The highest BCUT2D eigenvalue weighted by molar-refractivity contribution is 9.10. The van der Waals surface area contributed by atoms with Crippen LogP contribution in [0.25, 0.3) is 0 Å². The first-order chi connectivity index (χ1) is 15.3. The van der Waals surface area contributed by atoms with Crippen molar-refractivity contribution >= 4 is 61.5 Å². The lowest BCUT2D eigenvalue weighted by molar-refractivity contribution is -0.136. The SMILES string of the molecule is Cc1cccc(C(=O)Oc2ccc(Br)cc2C=NNC(=O)C(=O)Nc2ccc(Br)cc2)c1. The molecule has 0 aliphatic carbocycles. The second kappa shape index (κ2) is 10.8. The number of amides is 2. The minimum absolute atomic E-state index is 0.247. The monoisotopic (exact) mass is 557 g/mol. The second-order valence-electron chi connectivity index (χ2n) is 6.60. The lowest BCUT2D eigenvalue weighted by Gasteiger charge is -2.08. The van der Waals surface area contributed by atoms with E-state index in [1.54, 1.807) is 60.7 Å². The summed E-state index contributed by atoms with van der Waals surface area (Å²) in [4.78, 5) is 36.5. The van der Waals surface area contributed by atoms with Gasteiger partial charge in [0.05, 0.1) is 11.8 Å². The van der Waals surface area contributed by atoms with Crippen molar-refractivity contribution in [3.63, 3.8) is 0 Å². The van der Waals surface area contributed by atoms with Crippen molar-refractivity contribution in [2.45, 2.75) is 6.92 Å². The Morgan fingerprint density at radius 2 is 1.62 bits per heavy atom. The maximum absolute atomic E-state index is 12.5. The number of hydrogen-bond acceptors (Lipinski definition) is 5. The number of carbonyl (C=O) groups is 3. The number of halogens is 2. The fourth-order valence-electron chi connectivity index (χ4n) is 2.58. The molecule has 3 aromatic rings.